The van der Waals surface area contributed by atoms with Crippen molar-refractivity contribution < 1.29 is 14.3 Å². The first-order valence-corrected chi connectivity index (χ1v) is 10.1. The highest BCUT2D eigenvalue weighted by Gasteiger charge is 2.20. The molecule has 3 N–H and O–H groups in total. The number of aromatic nitrogens is 1. The van der Waals surface area contributed by atoms with Gasteiger partial charge < -0.3 is 15.4 Å². The molecule has 31 heavy (non-hydrogen) atoms. The molecule has 1 fully saturated rings. The molecule has 1 saturated heterocycles. The summed E-state index contributed by atoms with van der Waals surface area (Å²) >= 11 is 7.03. The third-order valence-electron chi connectivity index (χ3n) is 4.30. The van der Waals surface area contributed by atoms with Crippen LogP contribution < -0.4 is 15.5 Å². The second-order valence-electron chi connectivity index (χ2n) is 6.26. The van der Waals surface area contributed by atoms with Crippen LogP contribution in [0.15, 0.2) is 54.7 Å². The first-order chi connectivity index (χ1) is 14.5. The molecule has 3 aromatic rings. The van der Waals surface area contributed by atoms with Crippen molar-refractivity contribution in [1.82, 2.24) is 4.98 Å². The summed E-state index contributed by atoms with van der Waals surface area (Å²) in [5.41, 5.74) is 1.75. The summed E-state index contributed by atoms with van der Waals surface area (Å²) < 4.78 is 5.64. The first-order valence-electron chi connectivity index (χ1n) is 8.93. The van der Waals surface area contributed by atoms with Gasteiger partial charge in [0.05, 0.1) is 21.4 Å². The summed E-state index contributed by atoms with van der Waals surface area (Å²) in [6.45, 7) is 1.08. The van der Waals surface area contributed by atoms with Gasteiger partial charge in [-0.25, -0.2) is 4.98 Å². The summed E-state index contributed by atoms with van der Waals surface area (Å²) in [5.74, 6) is -0.825. The van der Waals surface area contributed by atoms with Crippen LogP contribution in [-0.4, -0.2) is 36.0 Å². The van der Waals surface area contributed by atoms with E-state index in [0.717, 1.165) is 17.0 Å². The van der Waals surface area contributed by atoms with Crippen LogP contribution in [0.2, 0.25) is 4.34 Å². The molecule has 0 saturated carbocycles. The number of carbonyl (C=O) groups is 2. The summed E-state index contributed by atoms with van der Waals surface area (Å²) in [4.78, 5) is 31.4. The number of nitrogens with zero attached hydrogens (tertiary/aromatic N) is 2. The molecule has 3 heterocycles. The molecule has 4 rings (SSSR count). The summed E-state index contributed by atoms with van der Waals surface area (Å²) in [6, 6.07) is 13.6. The lowest BCUT2D eigenvalue weighted by Crippen LogP contribution is -2.24. The van der Waals surface area contributed by atoms with Gasteiger partial charge in [-0.15, -0.1) is 11.3 Å². The third-order valence-corrected chi connectivity index (χ3v) is 5.53. The van der Waals surface area contributed by atoms with Gasteiger partial charge in [0.2, 0.25) is 0 Å². The van der Waals surface area contributed by atoms with Crippen molar-refractivity contribution >= 4 is 57.8 Å². The van der Waals surface area contributed by atoms with E-state index in [2.05, 4.69) is 15.6 Å². The number of amides is 2. The average molecular weight is 458 g/mol. The summed E-state index contributed by atoms with van der Waals surface area (Å²) in [6.07, 6.45) is 1.48. The van der Waals surface area contributed by atoms with Crippen molar-refractivity contribution in [2.24, 2.45) is 0 Å². The van der Waals surface area contributed by atoms with Gasteiger partial charge in [-0.2, -0.15) is 0 Å². The largest absolute Gasteiger partial charge is 0.463 e. The Kier molecular flexibility index (Phi) is 6.88. The molecule has 0 aliphatic carbocycles. The lowest BCUT2D eigenvalue weighted by atomic mass is 10.2. The van der Waals surface area contributed by atoms with Crippen LogP contribution >= 0.6 is 22.9 Å². The van der Waals surface area contributed by atoms with Gasteiger partial charge in [-0.3, -0.25) is 19.9 Å². The zero-order valence-corrected chi connectivity index (χ0v) is 17.1. The smallest absolute Gasteiger partial charge is 0.289 e. The molecule has 160 valence electrons. The molecule has 8 nitrogen and oxygen atoms in total. The number of halogens is 1. The zero-order valence-electron chi connectivity index (χ0n) is 15.5. The van der Waals surface area contributed by atoms with Crippen LogP contribution in [-0.2, 0) is 4.74 Å². The van der Waals surface area contributed by atoms with E-state index < -0.39 is 5.91 Å². The topological polar surface area (TPSA) is 107 Å². The molecular formula is C21H20ClN5O3S. The lowest BCUT2D eigenvalue weighted by molar-refractivity contribution is 0.102. The highest BCUT2D eigenvalue weighted by molar-refractivity contribution is 7.18. The molecule has 1 aliphatic heterocycles. The minimum atomic E-state index is -0.458. The number of ether oxygens (including phenoxy) is 1. The summed E-state index contributed by atoms with van der Waals surface area (Å²) in [5, 5.41) is 13.2. The Morgan fingerprint density at radius 1 is 1.10 bits per heavy atom. The Labute approximate surface area is 188 Å². The van der Waals surface area contributed by atoms with Gasteiger partial charge in [-0.1, -0.05) is 19.0 Å². The molecular weight excluding hydrogens is 438 g/mol. The quantitative estimate of drug-likeness (QED) is 0.514. The van der Waals surface area contributed by atoms with E-state index >= 15 is 0 Å². The van der Waals surface area contributed by atoms with Crippen LogP contribution in [0, 0.1) is 5.41 Å². The normalized spacial score (nSPS) is 12.7. The van der Waals surface area contributed by atoms with Gasteiger partial charge in [0.25, 0.3) is 17.8 Å². The van der Waals surface area contributed by atoms with Crippen molar-refractivity contribution in [2.45, 2.75) is 7.43 Å². The van der Waals surface area contributed by atoms with E-state index in [1.54, 1.807) is 53.4 Å². The number of pyridine rings is 1. The molecule has 0 bridgehead atoms. The van der Waals surface area contributed by atoms with Gasteiger partial charge in [0.1, 0.15) is 6.61 Å². The number of benzene rings is 1. The SMILES string of the molecule is C.N=C1OCCN1c1ccc(NC(=O)c2ncccc2NC(=O)c2ccc(Cl)s2)cc1. The number of hydrogen-bond acceptors (Lipinski definition) is 6. The second kappa shape index (κ2) is 9.59. The van der Waals surface area contributed by atoms with Crippen LogP contribution in [0.25, 0.3) is 0 Å². The fourth-order valence-electron chi connectivity index (χ4n) is 2.88. The van der Waals surface area contributed by atoms with E-state index in [9.17, 15) is 9.59 Å². The molecule has 0 unspecified atom stereocenters. The van der Waals surface area contributed by atoms with Crippen molar-refractivity contribution in [2.75, 3.05) is 28.7 Å². The predicted molar refractivity (Wildman–Crippen MR) is 124 cm³/mol. The first kappa shape index (κ1) is 22.3. The van der Waals surface area contributed by atoms with Crippen LogP contribution in [0.1, 0.15) is 27.6 Å². The molecule has 10 heteroatoms. The number of thiophene rings is 1. The summed E-state index contributed by atoms with van der Waals surface area (Å²) in [7, 11) is 0. The standard InChI is InChI=1S/C20H16ClN5O3S.CH4/c21-16-8-7-15(30-16)18(27)25-14-2-1-9-23-17(14)19(28)24-12-3-5-13(6-4-12)26-10-11-29-20(26)22;/h1-9,22H,10-11H2,(H,24,28)(H,25,27);1H4. The Balaban J connectivity index is 0.00000272. The molecule has 1 aliphatic rings. The average Bonchev–Trinajstić information content (AvgIpc) is 3.37. The van der Waals surface area contributed by atoms with E-state index in [4.69, 9.17) is 21.7 Å². The van der Waals surface area contributed by atoms with Gasteiger partial charge in [0, 0.05) is 17.6 Å². The maximum absolute atomic E-state index is 12.7. The lowest BCUT2D eigenvalue weighted by Gasteiger charge is -2.15. The third kappa shape index (κ3) is 5.01. The fraction of sp³-hybridized carbons (Fsp3) is 0.143. The zero-order chi connectivity index (χ0) is 21.1. The number of rotatable bonds is 5. The van der Waals surface area contributed by atoms with Crippen molar-refractivity contribution in [3.8, 4) is 0 Å². The van der Waals surface area contributed by atoms with Crippen molar-refractivity contribution in [3.05, 3.63) is 69.6 Å². The number of nitrogens with one attached hydrogen (secondary N) is 3. The predicted octanol–water partition coefficient (Wildman–Crippen LogP) is 4.71. The van der Waals surface area contributed by atoms with Crippen molar-refractivity contribution in [3.63, 3.8) is 0 Å². The monoisotopic (exact) mass is 457 g/mol. The molecule has 0 spiro atoms. The number of carbonyl (C=O) groups excluding carboxylic acids is 2. The molecule has 2 amide bonds. The van der Waals surface area contributed by atoms with Gasteiger partial charge >= 0.3 is 0 Å². The Hall–Kier alpha value is -3.43. The number of amidine groups is 1. The molecule has 0 radical (unpaired) electrons. The van der Waals surface area contributed by atoms with E-state index in [0.29, 0.717) is 33.7 Å². The molecule has 1 aromatic carbocycles. The minimum Gasteiger partial charge on any atom is -0.463 e. The van der Waals surface area contributed by atoms with Gasteiger partial charge in [-0.05, 0) is 48.5 Å². The Morgan fingerprint density at radius 2 is 1.87 bits per heavy atom. The number of anilines is 3. The Bertz CT molecular complexity index is 1120. The van der Waals surface area contributed by atoms with E-state index in [1.807, 2.05) is 0 Å². The highest BCUT2D eigenvalue weighted by Crippen LogP contribution is 2.24. The van der Waals surface area contributed by atoms with E-state index in [-0.39, 0.29) is 25.0 Å². The Morgan fingerprint density at radius 3 is 2.52 bits per heavy atom. The maximum atomic E-state index is 12.7. The van der Waals surface area contributed by atoms with E-state index in [1.165, 1.54) is 6.20 Å². The van der Waals surface area contributed by atoms with Crippen LogP contribution in [0.3, 0.4) is 0 Å². The number of hydrogen-bond donors (Lipinski definition) is 3. The maximum Gasteiger partial charge on any atom is 0.289 e. The van der Waals surface area contributed by atoms with Gasteiger partial charge in [0.15, 0.2) is 5.69 Å². The van der Waals surface area contributed by atoms with Crippen LogP contribution in [0.4, 0.5) is 17.1 Å². The minimum absolute atomic E-state index is 0. The molecule has 2 aromatic heterocycles. The fourth-order valence-corrected chi connectivity index (χ4v) is 3.82. The van der Waals surface area contributed by atoms with Crippen molar-refractivity contribution in [1.29, 1.82) is 5.41 Å². The molecule has 0 atom stereocenters. The van der Waals surface area contributed by atoms with Crippen LogP contribution in [0.5, 0.6) is 0 Å². The second-order valence-corrected chi connectivity index (χ2v) is 7.98. The highest BCUT2D eigenvalue weighted by atomic mass is 35.5.